The Hall–Kier alpha value is -3.38. The zero-order valence-electron chi connectivity index (χ0n) is 24.1. The van der Waals surface area contributed by atoms with Gasteiger partial charge < -0.3 is 19.7 Å². The number of hydrogen-bond donors (Lipinski definition) is 1. The SMILES string of the molecule is COc1ccc(OC(CCCCCN2CCC(c3cccc(NC(=O)C(C)C)c3)CC2)c2ccccc2F)cc1. The summed E-state index contributed by atoms with van der Waals surface area (Å²) in [7, 11) is 1.63. The predicted molar refractivity (Wildman–Crippen MR) is 160 cm³/mol. The number of carbonyl (C=O) groups is 1. The van der Waals surface area contributed by atoms with Crippen molar-refractivity contribution in [3.05, 3.63) is 89.7 Å². The highest BCUT2D eigenvalue weighted by Gasteiger charge is 2.21. The summed E-state index contributed by atoms with van der Waals surface area (Å²) in [5.74, 6) is 1.81. The molecule has 1 unspecified atom stereocenters. The molecule has 0 bridgehead atoms. The molecule has 1 aliphatic heterocycles. The quantitative estimate of drug-likeness (QED) is 0.221. The molecule has 3 aromatic rings. The monoisotopic (exact) mass is 546 g/mol. The first-order valence-electron chi connectivity index (χ1n) is 14.6. The molecule has 0 aliphatic carbocycles. The van der Waals surface area contributed by atoms with Crippen LogP contribution in [0, 0.1) is 11.7 Å². The molecule has 1 saturated heterocycles. The number of piperidine rings is 1. The van der Waals surface area contributed by atoms with Crippen molar-refractivity contribution in [3.63, 3.8) is 0 Å². The van der Waals surface area contributed by atoms with Crippen molar-refractivity contribution in [1.29, 1.82) is 0 Å². The lowest BCUT2D eigenvalue weighted by Crippen LogP contribution is -2.33. The number of unbranched alkanes of at least 4 members (excludes halogenated alkanes) is 2. The fourth-order valence-electron chi connectivity index (χ4n) is 5.32. The van der Waals surface area contributed by atoms with E-state index >= 15 is 0 Å². The van der Waals surface area contributed by atoms with E-state index < -0.39 is 0 Å². The first kappa shape index (κ1) is 29.6. The van der Waals surface area contributed by atoms with Crippen molar-refractivity contribution >= 4 is 11.6 Å². The molecule has 6 heteroatoms. The van der Waals surface area contributed by atoms with Crippen LogP contribution < -0.4 is 14.8 Å². The van der Waals surface area contributed by atoms with Gasteiger partial charge in [-0.05, 0) is 106 Å². The van der Waals surface area contributed by atoms with Gasteiger partial charge in [-0.1, -0.05) is 50.6 Å². The molecule has 1 fully saturated rings. The number of hydrogen-bond acceptors (Lipinski definition) is 4. The first-order valence-corrected chi connectivity index (χ1v) is 14.6. The normalized spacial score (nSPS) is 15.1. The lowest BCUT2D eigenvalue weighted by Gasteiger charge is -2.32. The van der Waals surface area contributed by atoms with E-state index in [1.807, 2.05) is 62.4 Å². The Morgan fingerprint density at radius 1 is 0.950 bits per heavy atom. The summed E-state index contributed by atoms with van der Waals surface area (Å²) < 4.78 is 26.1. The van der Waals surface area contributed by atoms with Crippen LogP contribution in [0.5, 0.6) is 11.5 Å². The van der Waals surface area contributed by atoms with Crippen LogP contribution in [0.1, 0.15) is 75.5 Å². The minimum Gasteiger partial charge on any atom is -0.497 e. The maximum absolute atomic E-state index is 14.6. The van der Waals surface area contributed by atoms with E-state index in [0.29, 0.717) is 17.2 Å². The summed E-state index contributed by atoms with van der Waals surface area (Å²) in [6.07, 6.45) is 5.87. The zero-order chi connectivity index (χ0) is 28.3. The number of halogens is 1. The number of ether oxygens (including phenoxy) is 2. The molecule has 0 aromatic heterocycles. The van der Waals surface area contributed by atoms with Gasteiger partial charge in [0, 0.05) is 17.2 Å². The van der Waals surface area contributed by atoms with Gasteiger partial charge in [0.1, 0.15) is 23.4 Å². The van der Waals surface area contributed by atoms with Crippen molar-refractivity contribution in [2.75, 3.05) is 32.1 Å². The Bertz CT molecular complexity index is 1210. The second-order valence-electron chi connectivity index (χ2n) is 11.0. The molecule has 1 atom stereocenters. The van der Waals surface area contributed by atoms with Gasteiger partial charge in [-0.3, -0.25) is 4.79 Å². The smallest absolute Gasteiger partial charge is 0.226 e. The van der Waals surface area contributed by atoms with E-state index in [1.54, 1.807) is 13.2 Å². The van der Waals surface area contributed by atoms with E-state index in [9.17, 15) is 9.18 Å². The molecule has 214 valence electrons. The molecule has 0 saturated carbocycles. The fourth-order valence-corrected chi connectivity index (χ4v) is 5.32. The second-order valence-corrected chi connectivity index (χ2v) is 11.0. The highest BCUT2D eigenvalue weighted by Crippen LogP contribution is 2.31. The van der Waals surface area contributed by atoms with Crippen molar-refractivity contribution in [1.82, 2.24) is 4.90 Å². The largest absolute Gasteiger partial charge is 0.497 e. The van der Waals surface area contributed by atoms with Crippen LogP contribution in [0.15, 0.2) is 72.8 Å². The highest BCUT2D eigenvalue weighted by atomic mass is 19.1. The molecule has 1 amide bonds. The third-order valence-electron chi connectivity index (χ3n) is 7.77. The average molecular weight is 547 g/mol. The van der Waals surface area contributed by atoms with E-state index in [2.05, 4.69) is 22.3 Å². The number of carbonyl (C=O) groups excluding carboxylic acids is 1. The standard InChI is InChI=1S/C34H43FN2O3/c1-25(2)34(38)36-28-11-9-10-27(24-28)26-19-22-37(23-20-26)21-8-4-5-14-33(31-12-6-7-13-32(31)35)40-30-17-15-29(39-3)16-18-30/h6-7,9-13,15-18,24-26,33H,4-5,8,14,19-23H2,1-3H3,(H,36,38). The second kappa shape index (κ2) is 14.8. The van der Waals surface area contributed by atoms with Gasteiger partial charge in [-0.2, -0.15) is 0 Å². The number of anilines is 1. The lowest BCUT2D eigenvalue weighted by molar-refractivity contribution is -0.118. The number of methoxy groups -OCH3 is 1. The summed E-state index contributed by atoms with van der Waals surface area (Å²) in [6.45, 7) is 7.08. The summed E-state index contributed by atoms with van der Waals surface area (Å²) in [6, 6.07) is 22.7. The van der Waals surface area contributed by atoms with Gasteiger partial charge in [0.05, 0.1) is 7.11 Å². The average Bonchev–Trinajstić information content (AvgIpc) is 2.97. The summed E-state index contributed by atoms with van der Waals surface area (Å²) in [5, 5.41) is 3.02. The van der Waals surface area contributed by atoms with Crippen LogP contribution in [0.4, 0.5) is 10.1 Å². The highest BCUT2D eigenvalue weighted by molar-refractivity contribution is 5.92. The van der Waals surface area contributed by atoms with Crippen LogP contribution in [-0.2, 0) is 4.79 Å². The molecule has 1 aliphatic rings. The molecule has 40 heavy (non-hydrogen) atoms. The van der Waals surface area contributed by atoms with Crippen LogP contribution in [-0.4, -0.2) is 37.6 Å². The van der Waals surface area contributed by atoms with Crippen LogP contribution in [0.2, 0.25) is 0 Å². The molecule has 0 radical (unpaired) electrons. The minimum atomic E-state index is -0.327. The van der Waals surface area contributed by atoms with Crippen molar-refractivity contribution in [2.45, 2.75) is 64.4 Å². The Morgan fingerprint density at radius 2 is 1.68 bits per heavy atom. The molecule has 3 aromatic carbocycles. The van der Waals surface area contributed by atoms with Crippen molar-refractivity contribution in [3.8, 4) is 11.5 Å². The number of likely N-dealkylation sites (tertiary alicyclic amines) is 1. The maximum Gasteiger partial charge on any atom is 0.226 e. The third-order valence-corrected chi connectivity index (χ3v) is 7.77. The van der Waals surface area contributed by atoms with Gasteiger partial charge >= 0.3 is 0 Å². The third kappa shape index (κ3) is 8.56. The molecule has 5 nitrogen and oxygen atoms in total. The first-order chi connectivity index (χ1) is 19.4. The number of amides is 1. The number of rotatable bonds is 13. The molecule has 4 rings (SSSR count). The molecular weight excluding hydrogens is 503 g/mol. The van der Waals surface area contributed by atoms with Gasteiger partial charge in [0.25, 0.3) is 0 Å². The Labute approximate surface area is 238 Å². The van der Waals surface area contributed by atoms with E-state index in [4.69, 9.17) is 9.47 Å². The Kier molecular flexibility index (Phi) is 11.0. The Balaban J connectivity index is 1.21. The maximum atomic E-state index is 14.6. The molecule has 1 N–H and O–H groups in total. The van der Waals surface area contributed by atoms with Crippen LogP contribution in [0.25, 0.3) is 0 Å². The van der Waals surface area contributed by atoms with Crippen LogP contribution in [0.3, 0.4) is 0 Å². The molecule has 0 spiro atoms. The number of nitrogens with zero attached hydrogens (tertiary/aromatic N) is 1. The van der Waals surface area contributed by atoms with E-state index in [-0.39, 0.29) is 23.7 Å². The summed E-state index contributed by atoms with van der Waals surface area (Å²) >= 11 is 0. The number of benzene rings is 3. The van der Waals surface area contributed by atoms with Gasteiger partial charge in [-0.15, -0.1) is 0 Å². The van der Waals surface area contributed by atoms with Crippen LogP contribution >= 0.6 is 0 Å². The van der Waals surface area contributed by atoms with Gasteiger partial charge in [0.15, 0.2) is 0 Å². The minimum absolute atomic E-state index is 0.0294. The Morgan fingerprint density at radius 3 is 2.38 bits per heavy atom. The van der Waals surface area contributed by atoms with E-state index in [0.717, 1.165) is 69.6 Å². The lowest BCUT2D eigenvalue weighted by atomic mass is 9.89. The van der Waals surface area contributed by atoms with E-state index in [1.165, 1.54) is 11.6 Å². The summed E-state index contributed by atoms with van der Waals surface area (Å²) in [4.78, 5) is 14.6. The topological polar surface area (TPSA) is 50.8 Å². The molecular formula is C34H43FN2O3. The van der Waals surface area contributed by atoms with Gasteiger partial charge in [-0.25, -0.2) is 4.39 Å². The zero-order valence-corrected chi connectivity index (χ0v) is 24.1. The predicted octanol–water partition coefficient (Wildman–Crippen LogP) is 7.99. The summed E-state index contributed by atoms with van der Waals surface area (Å²) in [5.41, 5.74) is 2.81. The fraction of sp³-hybridized carbons (Fsp3) is 0.441. The van der Waals surface area contributed by atoms with Crippen molar-refractivity contribution in [2.24, 2.45) is 5.92 Å². The van der Waals surface area contributed by atoms with Gasteiger partial charge in [0.2, 0.25) is 5.91 Å². The number of nitrogens with one attached hydrogen (secondary N) is 1. The molecule has 1 heterocycles. The van der Waals surface area contributed by atoms with Crippen molar-refractivity contribution < 1.29 is 18.7 Å².